The molecule has 0 spiro atoms. The maximum atomic E-state index is 11.6. The number of carbonyl (C=O) groups excluding carboxylic acids is 1. The van der Waals surface area contributed by atoms with Gasteiger partial charge >= 0.3 is 5.97 Å². The Labute approximate surface area is 186 Å². The summed E-state index contributed by atoms with van der Waals surface area (Å²) in [6.45, 7) is 5.13. The lowest BCUT2D eigenvalue weighted by Gasteiger charge is -2.33. The van der Waals surface area contributed by atoms with Crippen molar-refractivity contribution in [3.05, 3.63) is 53.2 Å². The molecular formula is C24H25ClN2O4. The van der Waals surface area contributed by atoms with E-state index in [1.807, 2.05) is 56.3 Å². The average Bonchev–Trinajstić information content (AvgIpc) is 2.73. The normalized spacial score (nSPS) is 17.9. The van der Waals surface area contributed by atoms with Crippen LogP contribution in [0.15, 0.2) is 42.5 Å². The van der Waals surface area contributed by atoms with Crippen molar-refractivity contribution in [1.82, 2.24) is 9.97 Å². The van der Waals surface area contributed by atoms with Gasteiger partial charge in [-0.25, -0.2) is 9.97 Å². The van der Waals surface area contributed by atoms with Gasteiger partial charge in [0.1, 0.15) is 12.4 Å². The Morgan fingerprint density at radius 2 is 1.87 bits per heavy atom. The molecule has 0 aliphatic heterocycles. The van der Waals surface area contributed by atoms with E-state index in [9.17, 15) is 4.79 Å². The molecule has 0 bridgehead atoms. The van der Waals surface area contributed by atoms with Crippen molar-refractivity contribution in [2.24, 2.45) is 5.92 Å². The van der Waals surface area contributed by atoms with Gasteiger partial charge in [-0.3, -0.25) is 4.79 Å². The second kappa shape index (κ2) is 9.62. The number of ether oxygens (including phenoxy) is 3. The summed E-state index contributed by atoms with van der Waals surface area (Å²) in [5, 5.41) is 1.57. The Morgan fingerprint density at radius 3 is 2.61 bits per heavy atom. The minimum Gasteiger partial charge on any atom is -0.491 e. The van der Waals surface area contributed by atoms with Crippen LogP contribution in [0.5, 0.6) is 5.75 Å². The zero-order valence-corrected chi connectivity index (χ0v) is 18.4. The first-order valence-electron chi connectivity index (χ1n) is 10.5. The first-order valence-corrected chi connectivity index (χ1v) is 10.9. The summed E-state index contributed by atoms with van der Waals surface area (Å²) in [7, 11) is 0. The highest BCUT2D eigenvalue weighted by Gasteiger charge is 2.36. The Bertz CT molecular complexity index is 1070. The van der Waals surface area contributed by atoms with Gasteiger partial charge in [0.2, 0.25) is 0 Å². The number of rotatable bonds is 8. The Hall–Kier alpha value is -2.70. The standard InChI is InChI=1S/C24H25ClN2O4/c1-3-29-24(28)17-13-19(14-17)31-12-11-30-18-9-7-16(8-10-18)23-26-15(2)20-5-4-6-21(25)22(20)27-23/h4-10,17,19H,3,11-14H2,1-2H3. The van der Waals surface area contributed by atoms with E-state index in [-0.39, 0.29) is 18.0 Å². The highest BCUT2D eigenvalue weighted by molar-refractivity contribution is 6.35. The molecule has 1 fully saturated rings. The van der Waals surface area contributed by atoms with E-state index in [4.69, 9.17) is 25.8 Å². The summed E-state index contributed by atoms with van der Waals surface area (Å²) < 4.78 is 16.5. The van der Waals surface area contributed by atoms with Gasteiger partial charge in [-0.2, -0.15) is 0 Å². The van der Waals surface area contributed by atoms with Crippen molar-refractivity contribution in [3.63, 3.8) is 0 Å². The Balaban J connectivity index is 1.28. The molecule has 1 aliphatic carbocycles. The van der Waals surface area contributed by atoms with Gasteiger partial charge in [0.25, 0.3) is 0 Å². The summed E-state index contributed by atoms with van der Waals surface area (Å²) in [4.78, 5) is 20.9. The number of fused-ring (bicyclic) bond motifs is 1. The molecule has 0 amide bonds. The molecule has 3 aromatic rings. The summed E-state index contributed by atoms with van der Waals surface area (Å²) in [6, 6.07) is 13.4. The van der Waals surface area contributed by atoms with E-state index >= 15 is 0 Å². The zero-order valence-electron chi connectivity index (χ0n) is 17.6. The van der Waals surface area contributed by atoms with Gasteiger partial charge in [0.05, 0.1) is 35.8 Å². The van der Waals surface area contributed by atoms with E-state index < -0.39 is 0 Å². The molecule has 0 N–H and O–H groups in total. The summed E-state index contributed by atoms with van der Waals surface area (Å²) in [5.41, 5.74) is 2.54. The number of carbonyl (C=O) groups is 1. The van der Waals surface area contributed by atoms with Gasteiger partial charge in [-0.05, 0) is 57.0 Å². The minimum atomic E-state index is -0.119. The number of hydrogen-bond acceptors (Lipinski definition) is 6. The number of aryl methyl sites for hydroxylation is 1. The van der Waals surface area contributed by atoms with Crippen LogP contribution in [-0.4, -0.2) is 41.9 Å². The maximum absolute atomic E-state index is 11.6. The number of para-hydroxylation sites is 1. The Kier molecular flexibility index (Phi) is 6.68. The molecule has 4 rings (SSSR count). The molecule has 2 aromatic carbocycles. The van der Waals surface area contributed by atoms with Crippen molar-refractivity contribution in [1.29, 1.82) is 0 Å². The van der Waals surface area contributed by atoms with Crippen LogP contribution in [-0.2, 0) is 14.3 Å². The van der Waals surface area contributed by atoms with Crippen LogP contribution >= 0.6 is 11.6 Å². The monoisotopic (exact) mass is 440 g/mol. The molecule has 1 saturated carbocycles. The minimum absolute atomic E-state index is 0.0192. The van der Waals surface area contributed by atoms with Crippen LogP contribution in [0.1, 0.15) is 25.5 Å². The molecule has 1 aliphatic rings. The van der Waals surface area contributed by atoms with Crippen molar-refractivity contribution in [2.45, 2.75) is 32.8 Å². The first-order chi connectivity index (χ1) is 15.0. The number of aromatic nitrogens is 2. The lowest BCUT2D eigenvalue weighted by Crippen LogP contribution is -2.38. The molecule has 1 heterocycles. The summed E-state index contributed by atoms with van der Waals surface area (Å²) in [6.07, 6.45) is 1.56. The van der Waals surface area contributed by atoms with Gasteiger partial charge in [0.15, 0.2) is 5.82 Å². The van der Waals surface area contributed by atoms with E-state index in [2.05, 4.69) is 9.97 Å². The van der Waals surface area contributed by atoms with Crippen molar-refractivity contribution in [2.75, 3.05) is 19.8 Å². The van der Waals surface area contributed by atoms with Crippen molar-refractivity contribution < 1.29 is 19.0 Å². The fraction of sp³-hybridized carbons (Fsp3) is 0.375. The smallest absolute Gasteiger partial charge is 0.309 e. The molecule has 0 unspecified atom stereocenters. The van der Waals surface area contributed by atoms with Crippen LogP contribution in [0.2, 0.25) is 5.02 Å². The fourth-order valence-electron chi connectivity index (χ4n) is 3.63. The van der Waals surface area contributed by atoms with Crippen LogP contribution in [0, 0.1) is 12.8 Å². The molecule has 0 radical (unpaired) electrons. The number of esters is 1. The lowest BCUT2D eigenvalue weighted by atomic mass is 9.82. The van der Waals surface area contributed by atoms with Gasteiger partial charge in [-0.15, -0.1) is 0 Å². The number of nitrogens with zero attached hydrogens (tertiary/aromatic N) is 2. The van der Waals surface area contributed by atoms with E-state index in [1.54, 1.807) is 0 Å². The van der Waals surface area contributed by atoms with Crippen LogP contribution in [0.4, 0.5) is 0 Å². The van der Waals surface area contributed by atoms with Gasteiger partial charge < -0.3 is 14.2 Å². The largest absolute Gasteiger partial charge is 0.491 e. The molecule has 162 valence electrons. The second-order valence-corrected chi connectivity index (χ2v) is 7.96. The predicted molar refractivity (Wildman–Crippen MR) is 119 cm³/mol. The predicted octanol–water partition coefficient (Wildman–Crippen LogP) is 5.00. The molecule has 6 nitrogen and oxygen atoms in total. The lowest BCUT2D eigenvalue weighted by molar-refractivity contribution is -0.157. The molecule has 1 aromatic heterocycles. The quantitative estimate of drug-likeness (QED) is 0.363. The maximum Gasteiger partial charge on any atom is 0.309 e. The number of halogens is 1. The van der Waals surface area contributed by atoms with E-state index in [1.165, 1.54) is 0 Å². The highest BCUT2D eigenvalue weighted by atomic mass is 35.5. The molecular weight excluding hydrogens is 416 g/mol. The van der Waals surface area contributed by atoms with Crippen molar-refractivity contribution in [3.8, 4) is 17.1 Å². The fourth-order valence-corrected chi connectivity index (χ4v) is 3.85. The van der Waals surface area contributed by atoms with Crippen molar-refractivity contribution >= 4 is 28.5 Å². The molecule has 0 atom stereocenters. The van der Waals surface area contributed by atoms with Gasteiger partial charge in [-0.1, -0.05) is 23.7 Å². The van der Waals surface area contributed by atoms with Gasteiger partial charge in [0, 0.05) is 16.6 Å². The topological polar surface area (TPSA) is 70.5 Å². The van der Waals surface area contributed by atoms with Crippen LogP contribution in [0.3, 0.4) is 0 Å². The highest BCUT2D eigenvalue weighted by Crippen LogP contribution is 2.31. The summed E-state index contributed by atoms with van der Waals surface area (Å²) >= 11 is 6.31. The first kappa shape index (κ1) is 21.5. The van der Waals surface area contributed by atoms with Crippen LogP contribution < -0.4 is 4.74 Å². The number of benzene rings is 2. The summed E-state index contributed by atoms with van der Waals surface area (Å²) in [5.74, 6) is 1.25. The SMILES string of the molecule is CCOC(=O)C1CC(OCCOc2ccc(-c3nc(C)c4cccc(Cl)c4n3)cc2)C1. The van der Waals surface area contributed by atoms with Crippen LogP contribution in [0.25, 0.3) is 22.3 Å². The van der Waals surface area contributed by atoms with E-state index in [0.29, 0.717) is 30.7 Å². The third-order valence-corrected chi connectivity index (χ3v) is 5.71. The third kappa shape index (κ3) is 4.97. The van der Waals surface area contributed by atoms with E-state index in [0.717, 1.165) is 40.8 Å². The second-order valence-electron chi connectivity index (χ2n) is 7.55. The third-order valence-electron chi connectivity index (χ3n) is 5.40. The Morgan fingerprint density at radius 1 is 1.10 bits per heavy atom. The number of hydrogen-bond donors (Lipinski definition) is 0. The molecule has 31 heavy (non-hydrogen) atoms. The average molecular weight is 441 g/mol. The molecule has 0 saturated heterocycles. The molecule has 7 heteroatoms. The zero-order chi connectivity index (χ0) is 21.8.